The van der Waals surface area contributed by atoms with E-state index >= 15 is 0 Å². The topological polar surface area (TPSA) is 114 Å². The molecule has 1 saturated heterocycles. The van der Waals surface area contributed by atoms with Gasteiger partial charge in [-0.2, -0.15) is 0 Å². The molecular weight excluding hydrogens is 521 g/mol. The number of hydrogen-bond acceptors (Lipinski definition) is 8. The SMILES string of the molecule is CCOP(CCOC1CN(/C=C(\C)C(=O)NCc2ccc(F)cc2F)/C(=C(/O)C=O)C(=O)C1(C)C)OCC. The Balaban J connectivity index is 2.22. The number of carbonyl (C=O) groups excluding carboxylic acids is 3. The van der Waals surface area contributed by atoms with Crippen molar-refractivity contribution in [2.75, 3.05) is 32.5 Å². The molecule has 1 fully saturated rings. The zero-order chi connectivity index (χ0) is 28.5. The molecule has 1 unspecified atom stereocenters. The number of hydrogen-bond donors (Lipinski definition) is 2. The maximum absolute atomic E-state index is 13.9. The van der Waals surface area contributed by atoms with E-state index in [1.807, 2.05) is 13.8 Å². The standard InChI is InChI=1S/C26H35F2N2O7P/c1-6-36-38(37-7-2)11-10-35-22-15-30(23(21(32)16-31)24(33)26(22,4)5)14-17(3)25(34)29-13-18-8-9-19(27)12-20(18)28/h8-9,12,14,16,22,32H,6-7,10-11,13,15H2,1-5H3,(H,29,34)/b17-14+,23-21+. The van der Waals surface area contributed by atoms with E-state index in [0.717, 1.165) is 12.1 Å². The summed E-state index contributed by atoms with van der Waals surface area (Å²) in [5, 5.41) is 12.8. The summed E-state index contributed by atoms with van der Waals surface area (Å²) in [4.78, 5) is 38.7. The average Bonchev–Trinajstić information content (AvgIpc) is 2.86. The largest absolute Gasteiger partial charge is 0.503 e. The highest BCUT2D eigenvalue weighted by Gasteiger charge is 2.47. The molecule has 0 saturated carbocycles. The lowest BCUT2D eigenvalue weighted by Gasteiger charge is -2.43. The predicted octanol–water partition coefficient (Wildman–Crippen LogP) is 4.13. The third kappa shape index (κ3) is 8.14. The molecule has 12 heteroatoms. The van der Waals surface area contributed by atoms with Crippen LogP contribution in [0, 0.1) is 17.0 Å². The number of nitrogens with zero attached hydrogens (tertiary/aromatic N) is 1. The Hall–Kier alpha value is -2.72. The lowest BCUT2D eigenvalue weighted by Crippen LogP contribution is -2.53. The molecule has 38 heavy (non-hydrogen) atoms. The Morgan fingerprint density at radius 3 is 2.50 bits per heavy atom. The van der Waals surface area contributed by atoms with Gasteiger partial charge in [0.2, 0.25) is 5.91 Å². The summed E-state index contributed by atoms with van der Waals surface area (Å²) < 4.78 is 44.3. The van der Waals surface area contributed by atoms with Crippen molar-refractivity contribution in [1.82, 2.24) is 10.2 Å². The molecule has 9 nitrogen and oxygen atoms in total. The van der Waals surface area contributed by atoms with Crippen molar-refractivity contribution in [3.8, 4) is 0 Å². The van der Waals surface area contributed by atoms with Gasteiger partial charge in [0.1, 0.15) is 17.3 Å². The van der Waals surface area contributed by atoms with Gasteiger partial charge in [-0.1, -0.05) is 6.07 Å². The first-order chi connectivity index (χ1) is 18.0. The summed E-state index contributed by atoms with van der Waals surface area (Å²) in [6.07, 6.45) is 1.31. The summed E-state index contributed by atoms with van der Waals surface area (Å²) in [5.74, 6) is -3.42. The molecule has 1 aliphatic rings. The maximum Gasteiger partial charge on any atom is 0.248 e. The highest BCUT2D eigenvalue weighted by Crippen LogP contribution is 2.39. The summed E-state index contributed by atoms with van der Waals surface area (Å²) in [6.45, 7) is 9.60. The number of halogens is 2. The quantitative estimate of drug-likeness (QED) is 0.161. The second kappa shape index (κ2) is 14.4. The van der Waals surface area contributed by atoms with Gasteiger partial charge in [-0.05, 0) is 40.7 Å². The minimum absolute atomic E-state index is 0.0599. The summed E-state index contributed by atoms with van der Waals surface area (Å²) >= 11 is 0. The Labute approximate surface area is 222 Å². The van der Waals surface area contributed by atoms with Gasteiger partial charge >= 0.3 is 0 Å². The van der Waals surface area contributed by atoms with Crippen LogP contribution in [-0.2, 0) is 34.7 Å². The van der Waals surface area contributed by atoms with E-state index in [2.05, 4.69) is 5.32 Å². The summed E-state index contributed by atoms with van der Waals surface area (Å²) in [7, 11) is -1.14. The van der Waals surface area contributed by atoms with Crippen molar-refractivity contribution in [3.63, 3.8) is 0 Å². The number of aliphatic hydroxyl groups is 1. The van der Waals surface area contributed by atoms with E-state index in [4.69, 9.17) is 13.8 Å². The van der Waals surface area contributed by atoms with E-state index in [1.165, 1.54) is 24.1 Å². The minimum Gasteiger partial charge on any atom is -0.503 e. The number of amides is 1. The van der Waals surface area contributed by atoms with Crippen LogP contribution in [0.2, 0.25) is 0 Å². The van der Waals surface area contributed by atoms with Gasteiger partial charge in [0.25, 0.3) is 0 Å². The molecule has 1 aliphatic heterocycles. The van der Waals surface area contributed by atoms with Crippen molar-refractivity contribution in [1.29, 1.82) is 0 Å². The number of Topliss-reactive ketones (excluding diaryl/α,β-unsaturated/α-hetero) is 1. The smallest absolute Gasteiger partial charge is 0.248 e. The Morgan fingerprint density at radius 1 is 1.26 bits per heavy atom. The Morgan fingerprint density at radius 2 is 1.92 bits per heavy atom. The molecule has 0 radical (unpaired) electrons. The van der Waals surface area contributed by atoms with Crippen molar-refractivity contribution in [3.05, 3.63) is 58.6 Å². The van der Waals surface area contributed by atoms with E-state index in [-0.39, 0.29) is 42.8 Å². The number of benzene rings is 1. The van der Waals surface area contributed by atoms with Crippen LogP contribution in [0.3, 0.4) is 0 Å². The van der Waals surface area contributed by atoms with E-state index in [9.17, 15) is 28.3 Å². The highest BCUT2D eigenvalue weighted by atomic mass is 31.2. The fourth-order valence-electron chi connectivity index (χ4n) is 3.77. The van der Waals surface area contributed by atoms with Crippen LogP contribution in [0.25, 0.3) is 0 Å². The van der Waals surface area contributed by atoms with Gasteiger partial charge in [0, 0.05) is 36.1 Å². The van der Waals surface area contributed by atoms with Crippen LogP contribution in [0.5, 0.6) is 0 Å². The molecule has 2 N–H and O–H groups in total. The molecule has 0 spiro atoms. The Kier molecular flexibility index (Phi) is 12.0. The van der Waals surface area contributed by atoms with E-state index in [0.29, 0.717) is 19.4 Å². The van der Waals surface area contributed by atoms with Crippen molar-refractivity contribution < 1.29 is 42.1 Å². The monoisotopic (exact) mass is 556 g/mol. The van der Waals surface area contributed by atoms with Crippen molar-refractivity contribution in [2.24, 2.45) is 5.41 Å². The number of likely N-dealkylation sites (tertiary alicyclic amines) is 1. The van der Waals surface area contributed by atoms with Gasteiger partial charge in [-0.3, -0.25) is 14.4 Å². The fourth-order valence-corrected chi connectivity index (χ4v) is 4.94. The molecule has 0 aliphatic carbocycles. The normalized spacial score (nSPS) is 19.1. The number of rotatable bonds is 13. The van der Waals surface area contributed by atoms with Crippen LogP contribution in [0.15, 0.2) is 41.4 Å². The molecule has 1 atom stereocenters. The van der Waals surface area contributed by atoms with E-state index < -0.39 is 49.0 Å². The van der Waals surface area contributed by atoms with Crippen LogP contribution in [-0.4, -0.2) is 66.6 Å². The number of carbonyl (C=O) groups is 3. The number of allylic oxidation sites excluding steroid dienone is 2. The Bertz CT molecular complexity index is 1070. The average molecular weight is 557 g/mol. The van der Waals surface area contributed by atoms with Gasteiger partial charge in [-0.15, -0.1) is 0 Å². The van der Waals surface area contributed by atoms with Crippen molar-refractivity contribution >= 4 is 26.4 Å². The van der Waals surface area contributed by atoms with Crippen LogP contribution in [0.1, 0.15) is 40.2 Å². The number of aliphatic hydroxyl groups excluding tert-OH is 1. The molecule has 2 rings (SSSR count). The predicted molar refractivity (Wildman–Crippen MR) is 138 cm³/mol. The molecule has 1 amide bonds. The number of aldehydes is 1. The summed E-state index contributed by atoms with van der Waals surface area (Å²) in [5.41, 5.74) is -1.14. The minimum atomic E-state index is -1.14. The highest BCUT2D eigenvalue weighted by molar-refractivity contribution is 7.47. The molecule has 1 heterocycles. The van der Waals surface area contributed by atoms with Crippen molar-refractivity contribution in [2.45, 2.75) is 47.3 Å². The van der Waals surface area contributed by atoms with Crippen LogP contribution >= 0.6 is 8.38 Å². The van der Waals surface area contributed by atoms with Gasteiger partial charge < -0.3 is 29.1 Å². The first kappa shape index (κ1) is 31.5. The molecule has 210 valence electrons. The number of ether oxygens (including phenoxy) is 1. The van der Waals surface area contributed by atoms with E-state index in [1.54, 1.807) is 13.8 Å². The number of piperidine rings is 1. The molecule has 0 aromatic heterocycles. The third-order valence-corrected chi connectivity index (χ3v) is 7.55. The summed E-state index contributed by atoms with van der Waals surface area (Å²) in [6, 6.07) is 3.03. The van der Waals surface area contributed by atoms with Crippen LogP contribution in [0.4, 0.5) is 8.78 Å². The van der Waals surface area contributed by atoms with Crippen LogP contribution < -0.4 is 5.32 Å². The number of nitrogens with one attached hydrogen (secondary N) is 1. The zero-order valence-electron chi connectivity index (χ0n) is 22.3. The second-order valence-corrected chi connectivity index (χ2v) is 10.7. The zero-order valence-corrected chi connectivity index (χ0v) is 23.1. The maximum atomic E-state index is 13.9. The van der Waals surface area contributed by atoms with Gasteiger partial charge in [-0.25, -0.2) is 8.78 Å². The molecule has 1 aromatic carbocycles. The van der Waals surface area contributed by atoms with Gasteiger partial charge in [0.05, 0.1) is 37.9 Å². The first-order valence-electron chi connectivity index (χ1n) is 12.2. The molecule has 1 aromatic rings. The second-order valence-electron chi connectivity index (χ2n) is 9.04. The molecule has 0 bridgehead atoms. The lowest BCUT2D eigenvalue weighted by molar-refractivity contribution is -0.140. The first-order valence-corrected chi connectivity index (χ1v) is 13.6. The number of ketones is 1. The third-order valence-electron chi connectivity index (χ3n) is 5.91. The fraction of sp³-hybridized carbons (Fsp3) is 0.500. The molecular formula is C26H35F2N2O7P. The van der Waals surface area contributed by atoms with Gasteiger partial charge in [0.15, 0.2) is 26.2 Å². The lowest BCUT2D eigenvalue weighted by atomic mass is 9.76.